The molecule has 6 heteroatoms. The van der Waals surface area contributed by atoms with E-state index in [1.807, 2.05) is 34.2 Å². The van der Waals surface area contributed by atoms with Crippen LogP contribution in [-0.4, -0.2) is 60.0 Å². The van der Waals surface area contributed by atoms with Crippen molar-refractivity contribution in [3.63, 3.8) is 0 Å². The third-order valence-electron chi connectivity index (χ3n) is 5.85. The van der Waals surface area contributed by atoms with Crippen molar-refractivity contribution in [3.05, 3.63) is 60.2 Å². The van der Waals surface area contributed by atoms with Crippen molar-refractivity contribution >= 4 is 11.6 Å². The second kappa shape index (κ2) is 8.69. The largest absolute Gasteiger partial charge is 0.366 e. The maximum absolute atomic E-state index is 14.0. The number of pyridine rings is 1. The van der Waals surface area contributed by atoms with Crippen molar-refractivity contribution in [2.45, 2.75) is 19.4 Å². The molecule has 2 saturated heterocycles. The Balaban J connectivity index is 1.25. The number of hydrogen-bond donors (Lipinski definition) is 0. The summed E-state index contributed by atoms with van der Waals surface area (Å²) in [4.78, 5) is 23.5. The summed E-state index contributed by atoms with van der Waals surface area (Å²) in [7, 11) is 0. The molecule has 3 heterocycles. The number of carbonyl (C=O) groups excluding carboxylic acids is 1. The molecule has 0 radical (unpaired) electrons. The minimum atomic E-state index is -0.191. The molecule has 0 spiro atoms. The quantitative estimate of drug-likeness (QED) is 0.815. The number of rotatable bonds is 4. The molecule has 2 fully saturated rings. The van der Waals surface area contributed by atoms with Crippen molar-refractivity contribution < 1.29 is 9.18 Å². The highest BCUT2D eigenvalue weighted by atomic mass is 19.1. The highest BCUT2D eigenvalue weighted by Gasteiger charge is 2.30. The molecule has 2 aliphatic rings. The monoisotopic (exact) mass is 382 g/mol. The highest BCUT2D eigenvalue weighted by Crippen LogP contribution is 2.24. The fraction of sp³-hybridized carbons (Fsp3) is 0.455. The Bertz CT molecular complexity index is 784. The van der Waals surface area contributed by atoms with E-state index in [9.17, 15) is 9.18 Å². The van der Waals surface area contributed by atoms with Gasteiger partial charge in [0.05, 0.1) is 5.69 Å². The summed E-state index contributed by atoms with van der Waals surface area (Å²) >= 11 is 0. The molecule has 0 saturated carbocycles. The van der Waals surface area contributed by atoms with Crippen LogP contribution in [0.25, 0.3) is 0 Å². The Morgan fingerprint density at radius 2 is 1.75 bits per heavy atom. The van der Waals surface area contributed by atoms with Crippen LogP contribution in [0.15, 0.2) is 48.8 Å². The summed E-state index contributed by atoms with van der Waals surface area (Å²) in [5.74, 6) is 0.197. The van der Waals surface area contributed by atoms with E-state index in [0.29, 0.717) is 31.9 Å². The zero-order valence-electron chi connectivity index (χ0n) is 16.1. The summed E-state index contributed by atoms with van der Waals surface area (Å²) in [6.07, 6.45) is 5.52. The predicted octanol–water partition coefficient (Wildman–Crippen LogP) is 2.78. The number of amides is 1. The lowest BCUT2D eigenvalue weighted by atomic mass is 9.94. The molecule has 0 aliphatic carbocycles. The zero-order valence-corrected chi connectivity index (χ0v) is 16.1. The Hall–Kier alpha value is -2.47. The molecule has 5 nitrogen and oxygen atoms in total. The molecule has 148 valence electrons. The lowest BCUT2D eigenvalue weighted by molar-refractivity contribution is -0.137. The number of carbonyl (C=O) groups is 1. The fourth-order valence-electron chi connectivity index (χ4n) is 4.22. The van der Waals surface area contributed by atoms with Gasteiger partial charge in [-0.2, -0.15) is 0 Å². The number of para-hydroxylation sites is 1. The van der Waals surface area contributed by atoms with Crippen molar-refractivity contribution in [2.75, 3.05) is 44.2 Å². The maximum Gasteiger partial charge on any atom is 0.225 e. The summed E-state index contributed by atoms with van der Waals surface area (Å²) < 4.78 is 14.0. The minimum Gasteiger partial charge on any atom is -0.366 e. The van der Waals surface area contributed by atoms with Crippen molar-refractivity contribution in [1.82, 2.24) is 14.8 Å². The van der Waals surface area contributed by atoms with Crippen LogP contribution in [0, 0.1) is 11.7 Å². The van der Waals surface area contributed by atoms with Gasteiger partial charge in [-0.1, -0.05) is 18.2 Å². The average molecular weight is 382 g/mol. The number of nitrogens with zero attached hydrogens (tertiary/aromatic N) is 4. The number of anilines is 1. The Labute approximate surface area is 165 Å². The van der Waals surface area contributed by atoms with Crippen molar-refractivity contribution in [3.8, 4) is 0 Å². The van der Waals surface area contributed by atoms with Crippen LogP contribution in [0.4, 0.5) is 10.1 Å². The van der Waals surface area contributed by atoms with Gasteiger partial charge in [-0.05, 0) is 49.7 Å². The molecule has 0 bridgehead atoms. The number of piperidine rings is 1. The van der Waals surface area contributed by atoms with Crippen molar-refractivity contribution in [2.24, 2.45) is 5.92 Å². The van der Waals surface area contributed by atoms with Crippen LogP contribution in [0.2, 0.25) is 0 Å². The van der Waals surface area contributed by atoms with E-state index in [1.165, 1.54) is 11.6 Å². The van der Waals surface area contributed by atoms with Crippen molar-refractivity contribution in [1.29, 1.82) is 0 Å². The van der Waals surface area contributed by atoms with Gasteiger partial charge in [-0.3, -0.25) is 14.7 Å². The van der Waals surface area contributed by atoms with Gasteiger partial charge in [-0.25, -0.2) is 4.39 Å². The minimum absolute atomic E-state index is 0.116. The Kier molecular flexibility index (Phi) is 5.86. The van der Waals surface area contributed by atoms with Gasteiger partial charge in [0.15, 0.2) is 0 Å². The fourth-order valence-corrected chi connectivity index (χ4v) is 4.22. The summed E-state index contributed by atoms with van der Waals surface area (Å²) in [6.45, 7) is 5.50. The second-order valence-corrected chi connectivity index (χ2v) is 7.68. The van der Waals surface area contributed by atoms with E-state index in [2.05, 4.69) is 16.0 Å². The lowest BCUT2D eigenvalue weighted by Crippen LogP contribution is -2.51. The summed E-state index contributed by atoms with van der Waals surface area (Å²) in [5.41, 5.74) is 1.86. The average Bonchev–Trinajstić information content (AvgIpc) is 2.75. The van der Waals surface area contributed by atoms with Crippen LogP contribution in [0.3, 0.4) is 0 Å². The molecular weight excluding hydrogens is 355 g/mol. The van der Waals surface area contributed by atoms with Gasteiger partial charge < -0.3 is 9.80 Å². The van der Waals surface area contributed by atoms with E-state index in [0.717, 1.165) is 32.5 Å². The molecule has 2 aliphatic heterocycles. The van der Waals surface area contributed by atoms with Gasteiger partial charge in [0.25, 0.3) is 0 Å². The second-order valence-electron chi connectivity index (χ2n) is 7.68. The smallest absolute Gasteiger partial charge is 0.225 e. The van der Waals surface area contributed by atoms with E-state index in [1.54, 1.807) is 12.3 Å². The molecule has 28 heavy (non-hydrogen) atoms. The van der Waals surface area contributed by atoms with Crippen LogP contribution in [0.1, 0.15) is 18.4 Å². The van der Waals surface area contributed by atoms with Gasteiger partial charge in [0.1, 0.15) is 5.82 Å². The zero-order chi connectivity index (χ0) is 19.3. The number of likely N-dealkylation sites (tertiary alicyclic amines) is 1. The van der Waals surface area contributed by atoms with E-state index in [4.69, 9.17) is 0 Å². The predicted molar refractivity (Wildman–Crippen MR) is 107 cm³/mol. The molecular formula is C22H27FN4O. The van der Waals surface area contributed by atoms with Crippen LogP contribution in [0.5, 0.6) is 0 Å². The van der Waals surface area contributed by atoms with E-state index >= 15 is 0 Å². The van der Waals surface area contributed by atoms with Gasteiger partial charge >= 0.3 is 0 Å². The molecule has 4 rings (SSSR count). The first-order valence-corrected chi connectivity index (χ1v) is 10.1. The number of halogens is 1. The van der Waals surface area contributed by atoms with Crippen LogP contribution in [-0.2, 0) is 11.3 Å². The lowest BCUT2D eigenvalue weighted by Gasteiger charge is -2.39. The van der Waals surface area contributed by atoms with Gasteiger partial charge in [0, 0.05) is 51.0 Å². The molecule has 0 unspecified atom stereocenters. The third kappa shape index (κ3) is 4.33. The molecule has 1 aromatic carbocycles. The molecule has 0 atom stereocenters. The third-order valence-corrected chi connectivity index (χ3v) is 5.85. The number of hydrogen-bond acceptors (Lipinski definition) is 4. The standard InChI is InChI=1S/C22H27FN4O/c23-20-5-1-2-6-21(20)26-12-14-27(15-13-26)22(28)19-7-10-25(11-8-19)17-18-4-3-9-24-16-18/h1-6,9,16,19H,7-8,10-15,17H2. The maximum atomic E-state index is 14.0. The van der Waals surface area contributed by atoms with Gasteiger partial charge in [0.2, 0.25) is 5.91 Å². The van der Waals surface area contributed by atoms with Gasteiger partial charge in [-0.15, -0.1) is 0 Å². The SMILES string of the molecule is O=C(C1CCN(Cc2cccnc2)CC1)N1CCN(c2ccccc2F)CC1. The molecule has 0 N–H and O–H groups in total. The molecule has 1 amide bonds. The normalized spacial score (nSPS) is 19.0. The number of benzene rings is 1. The summed E-state index contributed by atoms with van der Waals surface area (Å²) in [5, 5.41) is 0. The van der Waals surface area contributed by atoms with E-state index < -0.39 is 0 Å². The Morgan fingerprint density at radius 3 is 2.43 bits per heavy atom. The first-order valence-electron chi connectivity index (χ1n) is 10.1. The number of aromatic nitrogens is 1. The van der Waals surface area contributed by atoms with E-state index in [-0.39, 0.29) is 17.6 Å². The topological polar surface area (TPSA) is 39.7 Å². The molecule has 1 aromatic heterocycles. The first kappa shape index (κ1) is 18.9. The first-order chi connectivity index (χ1) is 13.7. The number of piperazine rings is 1. The van der Waals surface area contributed by atoms with Crippen LogP contribution >= 0.6 is 0 Å². The van der Waals surface area contributed by atoms with Crippen LogP contribution < -0.4 is 4.90 Å². The molecule has 2 aromatic rings. The highest BCUT2D eigenvalue weighted by molar-refractivity contribution is 5.79. The Morgan fingerprint density at radius 1 is 1.00 bits per heavy atom. The summed E-state index contributed by atoms with van der Waals surface area (Å²) in [6, 6.07) is 10.9.